The van der Waals surface area contributed by atoms with Gasteiger partial charge in [0, 0.05) is 15.2 Å². The predicted molar refractivity (Wildman–Crippen MR) is 95.3 cm³/mol. The van der Waals surface area contributed by atoms with Gasteiger partial charge in [0.1, 0.15) is 18.1 Å². The maximum Gasteiger partial charge on any atom is 0.127 e. The van der Waals surface area contributed by atoms with E-state index in [9.17, 15) is 0 Å². The van der Waals surface area contributed by atoms with E-state index in [0.29, 0.717) is 19.1 Å². The van der Waals surface area contributed by atoms with Crippen LogP contribution in [-0.2, 0) is 12.5 Å². The summed E-state index contributed by atoms with van der Waals surface area (Å²) in [5.41, 5.74) is 2.11. The van der Waals surface area contributed by atoms with Gasteiger partial charge in [-0.1, -0.05) is 25.1 Å². The lowest BCUT2D eigenvalue weighted by atomic mass is 10.2. The van der Waals surface area contributed by atoms with Crippen LogP contribution < -0.4 is 9.47 Å². The lowest BCUT2D eigenvalue weighted by Crippen LogP contribution is -2.00. The zero-order chi connectivity index (χ0) is 15.1. The Labute approximate surface area is 144 Å². The van der Waals surface area contributed by atoms with Crippen molar-refractivity contribution < 1.29 is 9.47 Å². The van der Waals surface area contributed by atoms with Gasteiger partial charge in [0.2, 0.25) is 0 Å². The van der Waals surface area contributed by atoms with E-state index in [1.54, 1.807) is 0 Å². The van der Waals surface area contributed by atoms with Gasteiger partial charge in [0.25, 0.3) is 0 Å². The van der Waals surface area contributed by atoms with E-state index in [0.717, 1.165) is 29.0 Å². The number of hydrogen-bond donors (Lipinski definition) is 0. The Morgan fingerprint density at radius 2 is 1.81 bits per heavy atom. The number of alkyl halides is 1. The quantitative estimate of drug-likeness (QED) is 0.444. The largest absolute Gasteiger partial charge is 0.493 e. The van der Waals surface area contributed by atoms with Crippen molar-refractivity contribution in [2.45, 2.75) is 25.8 Å². The zero-order valence-corrected chi connectivity index (χ0v) is 14.9. The second-order valence-corrected chi connectivity index (χ2v) is 6.18. The van der Waals surface area contributed by atoms with Crippen LogP contribution in [0.3, 0.4) is 0 Å². The molecule has 2 rings (SSSR count). The first-order valence-electron chi connectivity index (χ1n) is 6.92. The molecule has 0 heterocycles. The van der Waals surface area contributed by atoms with Crippen LogP contribution in [0.15, 0.2) is 42.5 Å². The molecule has 0 N–H and O–H groups in total. The summed E-state index contributed by atoms with van der Waals surface area (Å²) in [7, 11) is 0. The first kappa shape index (κ1) is 16.4. The summed E-state index contributed by atoms with van der Waals surface area (Å²) in [4.78, 5) is 0. The molecular weight excluding hydrogens is 399 g/mol. The second-order valence-electron chi connectivity index (χ2n) is 4.67. The Kier molecular flexibility index (Phi) is 6.64. The summed E-state index contributed by atoms with van der Waals surface area (Å²) >= 11 is 8.26. The van der Waals surface area contributed by atoms with Crippen molar-refractivity contribution in [3.05, 3.63) is 57.2 Å². The molecule has 2 aromatic carbocycles. The van der Waals surface area contributed by atoms with Gasteiger partial charge < -0.3 is 9.47 Å². The summed E-state index contributed by atoms with van der Waals surface area (Å²) in [6.07, 6.45) is 0.982. The standard InChI is InChI=1S/C17H18ClIO2/c1-2-9-20-16-8-5-14(11-18)17(10-16)21-12-13-3-6-15(19)7-4-13/h3-8,10H,2,9,11-12H2,1H3. The van der Waals surface area contributed by atoms with Gasteiger partial charge in [0.15, 0.2) is 0 Å². The number of benzene rings is 2. The first-order chi connectivity index (χ1) is 10.2. The predicted octanol–water partition coefficient (Wildman–Crippen LogP) is 5.40. The molecule has 0 bridgehead atoms. The van der Waals surface area contributed by atoms with Crippen LogP contribution in [0.2, 0.25) is 0 Å². The van der Waals surface area contributed by atoms with Gasteiger partial charge in [-0.15, -0.1) is 11.6 Å². The second kappa shape index (κ2) is 8.49. The van der Waals surface area contributed by atoms with Crippen molar-refractivity contribution in [2.24, 2.45) is 0 Å². The molecule has 0 aromatic heterocycles. The number of hydrogen-bond acceptors (Lipinski definition) is 2. The minimum Gasteiger partial charge on any atom is -0.493 e. The highest BCUT2D eigenvalue weighted by molar-refractivity contribution is 14.1. The van der Waals surface area contributed by atoms with E-state index in [2.05, 4.69) is 53.8 Å². The minimum absolute atomic E-state index is 0.427. The van der Waals surface area contributed by atoms with E-state index in [1.165, 1.54) is 3.57 Å². The number of rotatable bonds is 7. The molecule has 0 atom stereocenters. The van der Waals surface area contributed by atoms with Gasteiger partial charge in [-0.05, 0) is 52.8 Å². The molecule has 0 saturated carbocycles. The highest BCUT2D eigenvalue weighted by Gasteiger charge is 2.06. The average Bonchev–Trinajstić information content (AvgIpc) is 2.52. The van der Waals surface area contributed by atoms with Crippen LogP contribution in [0.1, 0.15) is 24.5 Å². The molecule has 0 amide bonds. The van der Waals surface area contributed by atoms with Crippen LogP contribution in [-0.4, -0.2) is 6.61 Å². The summed E-state index contributed by atoms with van der Waals surface area (Å²) in [6, 6.07) is 14.1. The number of halogens is 2. The molecule has 21 heavy (non-hydrogen) atoms. The molecule has 0 aliphatic heterocycles. The molecule has 0 unspecified atom stereocenters. The van der Waals surface area contributed by atoms with E-state index in [-0.39, 0.29) is 0 Å². The van der Waals surface area contributed by atoms with Crippen molar-refractivity contribution in [3.63, 3.8) is 0 Å². The Balaban J connectivity index is 2.07. The highest BCUT2D eigenvalue weighted by Crippen LogP contribution is 2.27. The normalized spacial score (nSPS) is 10.4. The van der Waals surface area contributed by atoms with Crippen molar-refractivity contribution in [3.8, 4) is 11.5 Å². The molecule has 2 aromatic rings. The Hall–Kier alpha value is -0.940. The third-order valence-corrected chi connectivity index (χ3v) is 3.97. The third-order valence-electron chi connectivity index (χ3n) is 2.96. The van der Waals surface area contributed by atoms with E-state index in [1.807, 2.05) is 18.2 Å². The monoisotopic (exact) mass is 416 g/mol. The molecular formula is C17H18ClIO2. The molecule has 0 saturated heterocycles. The molecule has 0 radical (unpaired) electrons. The smallest absolute Gasteiger partial charge is 0.127 e. The lowest BCUT2D eigenvalue weighted by Gasteiger charge is -2.12. The minimum atomic E-state index is 0.427. The average molecular weight is 417 g/mol. The molecule has 0 fully saturated rings. The van der Waals surface area contributed by atoms with Crippen LogP contribution >= 0.6 is 34.2 Å². The van der Waals surface area contributed by atoms with Gasteiger partial charge in [0.05, 0.1) is 12.5 Å². The SMILES string of the molecule is CCCOc1ccc(CCl)c(OCc2ccc(I)cc2)c1. The van der Waals surface area contributed by atoms with Crippen LogP contribution in [0, 0.1) is 3.57 Å². The summed E-state index contributed by atoms with van der Waals surface area (Å²) in [5.74, 6) is 2.04. The van der Waals surface area contributed by atoms with Crippen molar-refractivity contribution in [2.75, 3.05) is 6.61 Å². The Bertz CT molecular complexity index is 570. The summed E-state index contributed by atoms with van der Waals surface area (Å²) in [5, 5.41) is 0. The van der Waals surface area contributed by atoms with Gasteiger partial charge in [-0.2, -0.15) is 0 Å². The van der Waals surface area contributed by atoms with E-state index >= 15 is 0 Å². The molecule has 2 nitrogen and oxygen atoms in total. The van der Waals surface area contributed by atoms with Crippen LogP contribution in [0.4, 0.5) is 0 Å². The lowest BCUT2D eigenvalue weighted by molar-refractivity contribution is 0.293. The van der Waals surface area contributed by atoms with Crippen LogP contribution in [0.5, 0.6) is 11.5 Å². The molecule has 112 valence electrons. The molecule has 0 aliphatic carbocycles. The molecule has 0 aliphatic rings. The first-order valence-corrected chi connectivity index (χ1v) is 8.53. The molecule has 0 spiro atoms. The third kappa shape index (κ3) is 5.08. The number of ether oxygens (including phenoxy) is 2. The van der Waals surface area contributed by atoms with Crippen molar-refractivity contribution >= 4 is 34.2 Å². The van der Waals surface area contributed by atoms with E-state index < -0.39 is 0 Å². The maximum atomic E-state index is 5.97. The van der Waals surface area contributed by atoms with Crippen molar-refractivity contribution in [1.82, 2.24) is 0 Å². The van der Waals surface area contributed by atoms with E-state index in [4.69, 9.17) is 21.1 Å². The Morgan fingerprint density at radius 1 is 1.05 bits per heavy atom. The fourth-order valence-electron chi connectivity index (χ4n) is 1.83. The highest BCUT2D eigenvalue weighted by atomic mass is 127. The van der Waals surface area contributed by atoms with Crippen molar-refractivity contribution in [1.29, 1.82) is 0 Å². The fraction of sp³-hybridized carbons (Fsp3) is 0.294. The maximum absolute atomic E-state index is 5.97. The van der Waals surface area contributed by atoms with Crippen LogP contribution in [0.25, 0.3) is 0 Å². The Morgan fingerprint density at radius 3 is 2.48 bits per heavy atom. The van der Waals surface area contributed by atoms with Gasteiger partial charge in [-0.25, -0.2) is 0 Å². The summed E-state index contributed by atoms with van der Waals surface area (Å²) < 4.78 is 12.8. The molecule has 4 heteroatoms. The zero-order valence-electron chi connectivity index (χ0n) is 11.9. The summed E-state index contributed by atoms with van der Waals surface area (Å²) in [6.45, 7) is 3.32. The van der Waals surface area contributed by atoms with Gasteiger partial charge in [-0.3, -0.25) is 0 Å². The van der Waals surface area contributed by atoms with Gasteiger partial charge >= 0.3 is 0 Å². The fourth-order valence-corrected chi connectivity index (χ4v) is 2.41. The topological polar surface area (TPSA) is 18.5 Å².